The Morgan fingerprint density at radius 3 is 2.18 bits per heavy atom. The highest BCUT2D eigenvalue weighted by molar-refractivity contribution is 7.92. The zero-order valence-corrected chi connectivity index (χ0v) is 20.7. The topological polar surface area (TPSA) is 95.6 Å². The minimum absolute atomic E-state index is 0.0533. The number of carbonyl (C=O) groups excluding carboxylic acids is 2. The molecule has 178 valence electrons. The molecule has 0 aliphatic heterocycles. The van der Waals surface area contributed by atoms with Gasteiger partial charge in [0.05, 0.1) is 21.8 Å². The van der Waals surface area contributed by atoms with E-state index >= 15 is 0 Å². The highest BCUT2D eigenvalue weighted by Gasteiger charge is 2.27. The molecule has 0 heterocycles. The highest BCUT2D eigenvalue weighted by Crippen LogP contribution is 2.26. The van der Waals surface area contributed by atoms with Crippen LogP contribution in [0.15, 0.2) is 77.7 Å². The van der Waals surface area contributed by atoms with E-state index < -0.39 is 22.5 Å². The van der Waals surface area contributed by atoms with Crippen LogP contribution in [0.5, 0.6) is 0 Å². The van der Waals surface area contributed by atoms with Crippen LogP contribution >= 0.6 is 11.6 Å². The molecule has 0 aliphatic carbocycles. The Morgan fingerprint density at radius 2 is 1.56 bits per heavy atom. The van der Waals surface area contributed by atoms with Gasteiger partial charge in [-0.1, -0.05) is 41.4 Å². The van der Waals surface area contributed by atoms with Crippen LogP contribution in [0.1, 0.15) is 29.8 Å². The third kappa shape index (κ3) is 6.15. The van der Waals surface area contributed by atoms with Crippen LogP contribution in [-0.2, 0) is 14.8 Å². The molecule has 3 rings (SSSR count). The van der Waals surface area contributed by atoms with Crippen molar-refractivity contribution in [2.24, 2.45) is 0 Å². The molecule has 0 saturated carbocycles. The van der Waals surface area contributed by atoms with Gasteiger partial charge in [-0.15, -0.1) is 0 Å². The predicted octanol–water partition coefficient (Wildman–Crippen LogP) is 4.62. The summed E-state index contributed by atoms with van der Waals surface area (Å²) in [4.78, 5) is 25.6. The van der Waals surface area contributed by atoms with E-state index in [2.05, 4.69) is 10.6 Å². The minimum atomic E-state index is -4.06. The standard InChI is InChI=1S/C25H26ClN3O4S/c1-17(2)27-25(31)22-6-4-5-7-23(22)28-24(30)16-29(20-12-10-19(26)11-13-20)34(32,33)21-14-8-18(3)9-15-21/h4-15,17H,16H2,1-3H3,(H,27,31)(H,28,30). The summed E-state index contributed by atoms with van der Waals surface area (Å²) in [6.45, 7) is 5.02. The molecular formula is C25H26ClN3O4S. The van der Waals surface area contributed by atoms with Crippen molar-refractivity contribution in [3.8, 4) is 0 Å². The monoisotopic (exact) mass is 499 g/mol. The van der Waals surface area contributed by atoms with Crippen molar-refractivity contribution in [1.29, 1.82) is 0 Å². The van der Waals surface area contributed by atoms with Gasteiger partial charge in [0.2, 0.25) is 5.91 Å². The molecule has 7 nitrogen and oxygen atoms in total. The molecule has 0 atom stereocenters. The van der Waals surface area contributed by atoms with Gasteiger partial charge in [-0.3, -0.25) is 13.9 Å². The van der Waals surface area contributed by atoms with Crippen LogP contribution in [-0.4, -0.2) is 32.8 Å². The first kappa shape index (κ1) is 25.3. The number of hydrogen-bond donors (Lipinski definition) is 2. The summed E-state index contributed by atoms with van der Waals surface area (Å²) >= 11 is 5.98. The van der Waals surface area contributed by atoms with Gasteiger partial charge in [-0.2, -0.15) is 0 Å². The van der Waals surface area contributed by atoms with E-state index in [-0.39, 0.29) is 33.8 Å². The molecule has 3 aromatic carbocycles. The Bertz CT molecular complexity index is 1270. The van der Waals surface area contributed by atoms with Crippen molar-refractivity contribution in [2.75, 3.05) is 16.2 Å². The Labute approximate surface area is 204 Å². The van der Waals surface area contributed by atoms with Gasteiger partial charge in [0.25, 0.3) is 15.9 Å². The smallest absolute Gasteiger partial charge is 0.264 e. The molecule has 0 spiro atoms. The summed E-state index contributed by atoms with van der Waals surface area (Å²) in [5.41, 5.74) is 1.76. The zero-order chi connectivity index (χ0) is 24.9. The van der Waals surface area contributed by atoms with Gasteiger partial charge in [-0.05, 0) is 69.3 Å². The van der Waals surface area contributed by atoms with Crippen LogP contribution < -0.4 is 14.9 Å². The summed E-state index contributed by atoms with van der Waals surface area (Å²) in [6, 6.07) is 19.0. The number of amides is 2. The lowest BCUT2D eigenvalue weighted by atomic mass is 10.1. The molecule has 2 N–H and O–H groups in total. The van der Waals surface area contributed by atoms with E-state index in [0.717, 1.165) is 9.87 Å². The third-order valence-electron chi connectivity index (χ3n) is 4.88. The quantitative estimate of drug-likeness (QED) is 0.472. The number of anilines is 2. The fourth-order valence-electron chi connectivity index (χ4n) is 3.21. The Hall–Kier alpha value is -3.36. The number of rotatable bonds is 8. The molecule has 0 unspecified atom stereocenters. The van der Waals surface area contributed by atoms with E-state index in [0.29, 0.717) is 5.02 Å². The molecule has 2 amide bonds. The largest absolute Gasteiger partial charge is 0.350 e. The number of nitrogens with zero attached hydrogens (tertiary/aromatic N) is 1. The number of sulfonamides is 1. The molecule has 0 bridgehead atoms. The summed E-state index contributed by atoms with van der Waals surface area (Å²) in [5, 5.41) is 5.90. The first-order chi connectivity index (χ1) is 16.1. The molecule has 0 aliphatic rings. The zero-order valence-electron chi connectivity index (χ0n) is 19.1. The van der Waals surface area contributed by atoms with Gasteiger partial charge in [0.1, 0.15) is 6.54 Å². The van der Waals surface area contributed by atoms with Gasteiger partial charge in [0, 0.05) is 11.1 Å². The van der Waals surface area contributed by atoms with Crippen LogP contribution in [0.4, 0.5) is 11.4 Å². The van der Waals surface area contributed by atoms with Crippen LogP contribution in [0, 0.1) is 6.92 Å². The van der Waals surface area contributed by atoms with Crippen molar-refractivity contribution in [3.05, 3.63) is 88.9 Å². The molecule has 0 radical (unpaired) electrons. The maximum atomic E-state index is 13.5. The second-order valence-corrected chi connectivity index (χ2v) is 10.3. The second-order valence-electron chi connectivity index (χ2n) is 8.02. The van der Waals surface area contributed by atoms with E-state index in [1.807, 2.05) is 20.8 Å². The normalized spacial score (nSPS) is 11.2. The third-order valence-corrected chi connectivity index (χ3v) is 6.92. The van der Waals surface area contributed by atoms with Crippen molar-refractivity contribution in [3.63, 3.8) is 0 Å². The summed E-state index contributed by atoms with van der Waals surface area (Å²) < 4.78 is 27.9. The Kier molecular flexibility index (Phi) is 7.96. The van der Waals surface area contributed by atoms with Crippen molar-refractivity contribution in [2.45, 2.75) is 31.7 Å². The van der Waals surface area contributed by atoms with Gasteiger partial charge < -0.3 is 10.6 Å². The van der Waals surface area contributed by atoms with Crippen LogP contribution in [0.25, 0.3) is 0 Å². The van der Waals surface area contributed by atoms with Crippen molar-refractivity contribution < 1.29 is 18.0 Å². The Balaban J connectivity index is 1.92. The Morgan fingerprint density at radius 1 is 0.941 bits per heavy atom. The van der Waals surface area contributed by atoms with Crippen molar-refractivity contribution in [1.82, 2.24) is 5.32 Å². The summed E-state index contributed by atoms with van der Waals surface area (Å²) in [6.07, 6.45) is 0. The SMILES string of the molecule is Cc1ccc(S(=O)(=O)N(CC(=O)Nc2ccccc2C(=O)NC(C)C)c2ccc(Cl)cc2)cc1. The minimum Gasteiger partial charge on any atom is -0.350 e. The predicted molar refractivity (Wildman–Crippen MR) is 135 cm³/mol. The fourth-order valence-corrected chi connectivity index (χ4v) is 4.76. The maximum absolute atomic E-state index is 13.5. The van der Waals surface area contributed by atoms with Gasteiger partial charge >= 0.3 is 0 Å². The van der Waals surface area contributed by atoms with Crippen LogP contribution in [0.3, 0.4) is 0 Å². The summed E-state index contributed by atoms with van der Waals surface area (Å²) in [7, 11) is -4.06. The number of carbonyl (C=O) groups is 2. The van der Waals surface area contributed by atoms with E-state index in [4.69, 9.17) is 11.6 Å². The number of para-hydroxylation sites is 1. The van der Waals surface area contributed by atoms with Crippen molar-refractivity contribution >= 4 is 44.8 Å². The molecule has 3 aromatic rings. The molecule has 0 saturated heterocycles. The summed E-state index contributed by atoms with van der Waals surface area (Å²) in [5.74, 6) is -0.942. The first-order valence-electron chi connectivity index (χ1n) is 10.6. The number of benzene rings is 3. The maximum Gasteiger partial charge on any atom is 0.264 e. The highest BCUT2D eigenvalue weighted by atomic mass is 35.5. The van der Waals surface area contributed by atoms with E-state index in [1.54, 1.807) is 48.5 Å². The first-order valence-corrected chi connectivity index (χ1v) is 12.4. The molecule has 9 heteroatoms. The number of halogens is 1. The fraction of sp³-hybridized carbons (Fsp3) is 0.200. The lowest BCUT2D eigenvalue weighted by Gasteiger charge is -2.24. The van der Waals surface area contributed by atoms with E-state index in [1.165, 1.54) is 24.3 Å². The van der Waals surface area contributed by atoms with Gasteiger partial charge in [-0.25, -0.2) is 8.42 Å². The average molecular weight is 500 g/mol. The lowest BCUT2D eigenvalue weighted by molar-refractivity contribution is -0.114. The van der Waals surface area contributed by atoms with E-state index in [9.17, 15) is 18.0 Å². The molecule has 0 aromatic heterocycles. The van der Waals surface area contributed by atoms with Gasteiger partial charge in [0.15, 0.2) is 0 Å². The number of hydrogen-bond acceptors (Lipinski definition) is 4. The van der Waals surface area contributed by atoms with Crippen LogP contribution in [0.2, 0.25) is 5.02 Å². The second kappa shape index (κ2) is 10.7. The molecule has 34 heavy (non-hydrogen) atoms. The lowest BCUT2D eigenvalue weighted by Crippen LogP contribution is -2.38. The molecular weight excluding hydrogens is 474 g/mol. The molecule has 0 fully saturated rings. The number of aryl methyl sites for hydroxylation is 1. The average Bonchev–Trinajstić information content (AvgIpc) is 2.78. The number of nitrogens with one attached hydrogen (secondary N) is 2.